The van der Waals surface area contributed by atoms with Crippen LogP contribution in [0.5, 0.6) is 0 Å². The highest BCUT2D eigenvalue weighted by atomic mass is 32.2. The van der Waals surface area contributed by atoms with Gasteiger partial charge in [0.05, 0.1) is 0 Å². The third kappa shape index (κ3) is 3.48. The van der Waals surface area contributed by atoms with Crippen LogP contribution in [0.25, 0.3) is 0 Å². The predicted molar refractivity (Wildman–Crippen MR) is 44.7 cm³/mol. The van der Waals surface area contributed by atoms with E-state index in [2.05, 4.69) is 0 Å². The molecule has 0 bridgehead atoms. The van der Waals surface area contributed by atoms with Crippen molar-refractivity contribution < 1.29 is 18.6 Å². The van der Waals surface area contributed by atoms with Gasteiger partial charge < -0.3 is 10.2 Å². The van der Waals surface area contributed by atoms with E-state index in [0.29, 0.717) is 0 Å². The lowest BCUT2D eigenvalue weighted by atomic mass is 10.5. The van der Waals surface area contributed by atoms with Gasteiger partial charge in [-0.3, -0.25) is 0 Å². The maximum atomic E-state index is 11.0. The largest absolute Gasteiger partial charge is 0.378 e. The molecule has 0 aliphatic carbocycles. The van der Waals surface area contributed by atoms with Crippen molar-refractivity contribution in [1.29, 1.82) is 0 Å². The summed E-state index contributed by atoms with van der Waals surface area (Å²) in [5.74, 6) is 0. The Kier molecular flexibility index (Phi) is 4.69. The van der Waals surface area contributed by atoms with Crippen LogP contribution in [0.15, 0.2) is 0 Å². The molecule has 0 aliphatic heterocycles. The average molecular weight is 197 g/mol. The second kappa shape index (κ2) is 4.76. The topological polar surface area (TPSA) is 86.6 Å². The molecule has 6 heteroatoms. The Labute approximate surface area is 72.5 Å². The van der Waals surface area contributed by atoms with Crippen LogP contribution in [-0.4, -0.2) is 30.3 Å². The zero-order chi connectivity index (χ0) is 9.78. The van der Waals surface area contributed by atoms with Gasteiger partial charge in [-0.25, -0.2) is 8.42 Å². The van der Waals surface area contributed by atoms with Crippen molar-refractivity contribution in [2.75, 3.05) is 0 Å². The Balaban J connectivity index is 4.23. The highest BCUT2D eigenvalue weighted by molar-refractivity contribution is 7.89. The molecule has 0 radical (unpaired) electrons. The Morgan fingerprint density at radius 1 is 1.25 bits per heavy atom. The number of nitrogens with one attached hydrogen (secondary N) is 1. The molecule has 2 atom stereocenters. The fourth-order valence-electron chi connectivity index (χ4n) is 0.571. The minimum Gasteiger partial charge on any atom is -0.378 e. The summed E-state index contributed by atoms with van der Waals surface area (Å²) in [6, 6.07) is 0. The van der Waals surface area contributed by atoms with Crippen LogP contribution in [0.1, 0.15) is 26.7 Å². The van der Waals surface area contributed by atoms with Gasteiger partial charge >= 0.3 is 0 Å². The zero-order valence-corrected chi connectivity index (χ0v) is 8.00. The number of aliphatic hydroxyl groups is 2. The monoisotopic (exact) mass is 197 g/mol. The first-order chi connectivity index (χ1) is 5.44. The van der Waals surface area contributed by atoms with Gasteiger partial charge in [0.1, 0.15) is 6.23 Å². The first kappa shape index (κ1) is 11.8. The summed E-state index contributed by atoms with van der Waals surface area (Å²) < 4.78 is 24.0. The number of aliphatic hydroxyl groups excluding tert-OH is 2. The molecule has 0 aromatic carbocycles. The molecule has 0 aromatic heterocycles. The lowest BCUT2D eigenvalue weighted by Crippen LogP contribution is -2.40. The first-order valence-corrected chi connectivity index (χ1v) is 5.36. The van der Waals surface area contributed by atoms with E-state index >= 15 is 0 Å². The van der Waals surface area contributed by atoms with Gasteiger partial charge in [-0.1, -0.05) is 13.8 Å². The lowest BCUT2D eigenvalue weighted by Gasteiger charge is -2.14. The van der Waals surface area contributed by atoms with Gasteiger partial charge in [0, 0.05) is 0 Å². The minimum absolute atomic E-state index is 0.103. The van der Waals surface area contributed by atoms with Crippen molar-refractivity contribution in [2.45, 2.75) is 38.4 Å². The Hall–Kier alpha value is -0.170. The molecule has 0 aliphatic rings. The number of hydrogen-bond acceptors (Lipinski definition) is 4. The second-order valence-electron chi connectivity index (χ2n) is 2.45. The third-order valence-corrected chi connectivity index (χ3v) is 3.04. The Morgan fingerprint density at radius 2 is 1.75 bits per heavy atom. The summed E-state index contributed by atoms with van der Waals surface area (Å²) in [4.78, 5) is 0. The van der Waals surface area contributed by atoms with Gasteiger partial charge in [0.2, 0.25) is 10.0 Å². The fraction of sp³-hybridized carbons (Fsp3) is 1.00. The van der Waals surface area contributed by atoms with Crippen LogP contribution >= 0.6 is 0 Å². The zero-order valence-electron chi connectivity index (χ0n) is 7.19. The third-order valence-electron chi connectivity index (χ3n) is 1.39. The minimum atomic E-state index is -3.77. The first-order valence-electron chi connectivity index (χ1n) is 3.81. The summed E-state index contributed by atoms with van der Waals surface area (Å²) in [5, 5.41) is 17.9. The van der Waals surface area contributed by atoms with Gasteiger partial charge in [-0.2, -0.15) is 4.72 Å². The van der Waals surface area contributed by atoms with E-state index in [9.17, 15) is 8.42 Å². The normalized spacial score (nSPS) is 17.3. The number of hydrogen-bond donors (Lipinski definition) is 3. The van der Waals surface area contributed by atoms with Crippen molar-refractivity contribution in [3.8, 4) is 0 Å². The molecule has 0 saturated heterocycles. The van der Waals surface area contributed by atoms with E-state index in [4.69, 9.17) is 10.2 Å². The van der Waals surface area contributed by atoms with E-state index in [1.54, 1.807) is 13.8 Å². The van der Waals surface area contributed by atoms with Crippen LogP contribution in [0.3, 0.4) is 0 Å². The van der Waals surface area contributed by atoms with Gasteiger partial charge in [-0.05, 0) is 12.8 Å². The molecule has 0 heterocycles. The molecule has 12 heavy (non-hydrogen) atoms. The average Bonchev–Trinajstić information content (AvgIpc) is 2.02. The summed E-state index contributed by atoms with van der Waals surface area (Å²) in [5.41, 5.74) is -1.45. The highest BCUT2D eigenvalue weighted by Crippen LogP contribution is 2.01. The smallest absolute Gasteiger partial charge is 0.240 e. The molecule has 0 aromatic rings. The number of rotatable bonds is 5. The van der Waals surface area contributed by atoms with Crippen LogP contribution in [-0.2, 0) is 10.0 Å². The molecule has 0 fully saturated rings. The molecule has 2 unspecified atom stereocenters. The van der Waals surface area contributed by atoms with Crippen molar-refractivity contribution in [2.24, 2.45) is 0 Å². The molecule has 0 amide bonds. The van der Waals surface area contributed by atoms with Gasteiger partial charge in [0.25, 0.3) is 0 Å². The van der Waals surface area contributed by atoms with E-state index in [-0.39, 0.29) is 12.8 Å². The highest BCUT2D eigenvalue weighted by Gasteiger charge is 2.22. The molecular weight excluding hydrogens is 182 g/mol. The molecular formula is C6H15NO4S. The van der Waals surface area contributed by atoms with Crippen LogP contribution in [0.4, 0.5) is 0 Å². The van der Waals surface area contributed by atoms with Gasteiger partial charge in [-0.15, -0.1) is 0 Å². The molecule has 5 nitrogen and oxygen atoms in total. The summed E-state index contributed by atoms with van der Waals surface area (Å²) >= 11 is 0. The molecule has 0 rings (SSSR count). The summed E-state index contributed by atoms with van der Waals surface area (Å²) in [6.45, 7) is 3.17. The van der Waals surface area contributed by atoms with E-state index in [0.717, 1.165) is 0 Å². The second-order valence-corrected chi connectivity index (χ2v) is 4.32. The standard InChI is InChI=1S/C6H15NO4S/c1-3-5(8)7-12(10,11)6(9)4-2/h5-9H,3-4H2,1-2H3. The molecule has 74 valence electrons. The maximum Gasteiger partial charge on any atom is 0.240 e. The number of sulfonamides is 1. The van der Waals surface area contributed by atoms with E-state index < -0.39 is 21.7 Å². The van der Waals surface area contributed by atoms with E-state index in [1.807, 2.05) is 4.72 Å². The van der Waals surface area contributed by atoms with Crippen molar-refractivity contribution in [3.63, 3.8) is 0 Å². The van der Waals surface area contributed by atoms with Crippen LogP contribution in [0.2, 0.25) is 0 Å². The predicted octanol–water partition coefficient (Wildman–Crippen LogP) is -0.637. The SMILES string of the molecule is CCC(O)NS(=O)(=O)C(O)CC. The van der Waals surface area contributed by atoms with E-state index in [1.165, 1.54) is 0 Å². The quantitative estimate of drug-likeness (QED) is 0.512. The molecule has 0 saturated carbocycles. The van der Waals surface area contributed by atoms with Crippen molar-refractivity contribution in [3.05, 3.63) is 0 Å². The van der Waals surface area contributed by atoms with Crippen molar-refractivity contribution in [1.82, 2.24) is 4.72 Å². The molecule has 3 N–H and O–H groups in total. The fourth-order valence-corrected chi connectivity index (χ4v) is 1.71. The van der Waals surface area contributed by atoms with Crippen LogP contribution < -0.4 is 4.72 Å². The lowest BCUT2D eigenvalue weighted by molar-refractivity contribution is 0.154. The summed E-state index contributed by atoms with van der Waals surface area (Å²) in [6.07, 6.45) is -0.738. The van der Waals surface area contributed by atoms with Gasteiger partial charge in [0.15, 0.2) is 5.44 Å². The maximum absolute atomic E-state index is 11.0. The van der Waals surface area contributed by atoms with Crippen LogP contribution in [0, 0.1) is 0 Å². The Bertz CT molecular complexity index is 214. The Morgan fingerprint density at radius 3 is 2.08 bits per heavy atom. The van der Waals surface area contributed by atoms with Crippen molar-refractivity contribution >= 4 is 10.0 Å². The molecule has 0 spiro atoms. The summed E-state index contributed by atoms with van der Waals surface area (Å²) in [7, 11) is -3.77.